The highest BCUT2D eigenvalue weighted by Crippen LogP contribution is 2.62. The van der Waals surface area contributed by atoms with Gasteiger partial charge >= 0.3 is 0 Å². The second kappa shape index (κ2) is 7.31. The van der Waals surface area contributed by atoms with Gasteiger partial charge in [-0.3, -0.25) is 9.80 Å². The van der Waals surface area contributed by atoms with Gasteiger partial charge in [-0.25, -0.2) is 4.39 Å². The SMILES string of the molecule is CCC1CCC[C@@H]2C(C(=O)NC3C4(C)CCC(C4)C3(C)C)=NN(c3ccc(F)cc3)C12. The number of fused-ring (bicyclic) bond motifs is 3. The monoisotopic (exact) mass is 425 g/mol. The Morgan fingerprint density at radius 2 is 1.94 bits per heavy atom. The van der Waals surface area contributed by atoms with Crippen LogP contribution >= 0.6 is 0 Å². The normalized spacial score (nSPS) is 38.2. The quantitative estimate of drug-likeness (QED) is 0.690. The molecule has 1 aromatic rings. The summed E-state index contributed by atoms with van der Waals surface area (Å²) in [5.41, 5.74) is 1.88. The number of hydrogen-bond acceptors (Lipinski definition) is 3. The fourth-order valence-corrected chi connectivity index (χ4v) is 7.55. The maximum atomic E-state index is 13.7. The minimum Gasteiger partial charge on any atom is -0.347 e. The van der Waals surface area contributed by atoms with Crippen molar-refractivity contribution in [3.63, 3.8) is 0 Å². The van der Waals surface area contributed by atoms with Gasteiger partial charge in [0.2, 0.25) is 0 Å². The van der Waals surface area contributed by atoms with Gasteiger partial charge in [0, 0.05) is 12.0 Å². The van der Waals surface area contributed by atoms with Crippen LogP contribution in [-0.4, -0.2) is 23.7 Å². The molecule has 31 heavy (non-hydrogen) atoms. The second-order valence-electron chi connectivity index (χ2n) is 11.3. The van der Waals surface area contributed by atoms with Crippen molar-refractivity contribution in [1.29, 1.82) is 0 Å². The average molecular weight is 426 g/mol. The fraction of sp³-hybridized carbons (Fsp3) is 0.692. The first-order valence-corrected chi connectivity index (χ1v) is 12.2. The van der Waals surface area contributed by atoms with E-state index in [1.807, 2.05) is 5.01 Å². The minimum absolute atomic E-state index is 0.0169. The molecular weight excluding hydrogens is 389 g/mol. The average Bonchev–Trinajstić information content (AvgIpc) is 3.38. The van der Waals surface area contributed by atoms with E-state index in [0.29, 0.717) is 17.5 Å². The van der Waals surface area contributed by atoms with Crippen molar-refractivity contribution in [3.05, 3.63) is 30.1 Å². The zero-order valence-electron chi connectivity index (χ0n) is 19.3. The van der Waals surface area contributed by atoms with Gasteiger partial charge in [-0.05, 0) is 79.0 Å². The van der Waals surface area contributed by atoms with Crippen LogP contribution in [0.2, 0.25) is 0 Å². The predicted molar refractivity (Wildman–Crippen MR) is 122 cm³/mol. The molecular formula is C26H36FN3O. The molecule has 0 saturated heterocycles. The molecule has 0 aromatic heterocycles. The van der Waals surface area contributed by atoms with Crippen LogP contribution in [0.5, 0.6) is 0 Å². The van der Waals surface area contributed by atoms with Crippen LogP contribution in [0.4, 0.5) is 10.1 Å². The number of halogens is 1. The summed E-state index contributed by atoms with van der Waals surface area (Å²) in [6.45, 7) is 9.23. The van der Waals surface area contributed by atoms with Gasteiger partial charge in [0.15, 0.2) is 0 Å². The molecule has 5 heteroatoms. The van der Waals surface area contributed by atoms with Crippen LogP contribution in [0.1, 0.15) is 72.6 Å². The zero-order valence-corrected chi connectivity index (χ0v) is 19.3. The maximum absolute atomic E-state index is 13.7. The third-order valence-corrected chi connectivity index (χ3v) is 9.23. The summed E-state index contributed by atoms with van der Waals surface area (Å²) in [4.78, 5) is 13.7. The van der Waals surface area contributed by atoms with Gasteiger partial charge in [0.25, 0.3) is 5.91 Å². The van der Waals surface area contributed by atoms with Crippen LogP contribution in [0, 0.1) is 34.4 Å². The molecule has 0 spiro atoms. The summed E-state index contributed by atoms with van der Waals surface area (Å²) >= 11 is 0. The van der Waals surface area contributed by atoms with Gasteiger partial charge in [-0.15, -0.1) is 0 Å². The number of hydrazone groups is 1. The number of hydrogen-bond donors (Lipinski definition) is 1. The highest BCUT2D eigenvalue weighted by Gasteiger charge is 2.60. The molecule has 3 saturated carbocycles. The number of nitrogens with zero attached hydrogens (tertiary/aromatic N) is 2. The summed E-state index contributed by atoms with van der Waals surface area (Å²) in [6.07, 6.45) is 8.05. The Morgan fingerprint density at radius 1 is 1.19 bits per heavy atom. The number of carbonyl (C=O) groups is 1. The highest BCUT2D eigenvalue weighted by atomic mass is 19.1. The van der Waals surface area contributed by atoms with Crippen molar-refractivity contribution in [2.45, 2.75) is 84.7 Å². The summed E-state index contributed by atoms with van der Waals surface area (Å²) in [6, 6.07) is 6.93. The van der Waals surface area contributed by atoms with Gasteiger partial charge in [-0.1, -0.05) is 40.5 Å². The van der Waals surface area contributed by atoms with E-state index in [1.54, 1.807) is 12.1 Å². The zero-order chi connectivity index (χ0) is 22.0. The van der Waals surface area contributed by atoms with Gasteiger partial charge < -0.3 is 5.32 Å². The highest BCUT2D eigenvalue weighted by molar-refractivity contribution is 6.40. The van der Waals surface area contributed by atoms with E-state index in [1.165, 1.54) is 31.4 Å². The summed E-state index contributed by atoms with van der Waals surface area (Å²) in [5, 5.41) is 10.4. The van der Waals surface area contributed by atoms with E-state index < -0.39 is 0 Å². The van der Waals surface area contributed by atoms with Crippen molar-refractivity contribution in [1.82, 2.24) is 5.32 Å². The molecule has 168 valence electrons. The molecule has 5 unspecified atom stereocenters. The van der Waals surface area contributed by atoms with E-state index in [9.17, 15) is 9.18 Å². The first-order chi connectivity index (χ1) is 14.7. The van der Waals surface area contributed by atoms with Crippen LogP contribution in [0.25, 0.3) is 0 Å². The van der Waals surface area contributed by atoms with Crippen molar-refractivity contribution < 1.29 is 9.18 Å². The van der Waals surface area contributed by atoms with Crippen LogP contribution < -0.4 is 10.3 Å². The van der Waals surface area contributed by atoms with Gasteiger partial charge in [0.05, 0.1) is 11.7 Å². The lowest BCUT2D eigenvalue weighted by molar-refractivity contribution is -0.117. The van der Waals surface area contributed by atoms with E-state index in [2.05, 4.69) is 33.0 Å². The Balaban J connectivity index is 1.45. The number of benzene rings is 1. The molecule has 4 aliphatic rings. The van der Waals surface area contributed by atoms with Crippen molar-refractivity contribution >= 4 is 17.3 Å². The predicted octanol–water partition coefficient (Wildman–Crippen LogP) is 5.53. The molecule has 3 aliphatic carbocycles. The van der Waals surface area contributed by atoms with Crippen LogP contribution in [0.3, 0.4) is 0 Å². The molecule has 1 heterocycles. The summed E-state index contributed by atoms with van der Waals surface area (Å²) in [5.74, 6) is 1.11. The fourth-order valence-electron chi connectivity index (χ4n) is 7.55. The van der Waals surface area contributed by atoms with E-state index in [-0.39, 0.29) is 40.6 Å². The van der Waals surface area contributed by atoms with E-state index in [0.717, 1.165) is 31.4 Å². The molecule has 1 aromatic carbocycles. The molecule has 6 atom stereocenters. The second-order valence-corrected chi connectivity index (χ2v) is 11.3. The molecule has 1 N–H and O–H groups in total. The van der Waals surface area contributed by atoms with Crippen molar-refractivity contribution in [3.8, 4) is 0 Å². The summed E-state index contributed by atoms with van der Waals surface area (Å²) in [7, 11) is 0. The first-order valence-electron chi connectivity index (χ1n) is 12.2. The molecule has 0 radical (unpaired) electrons. The lowest BCUT2D eigenvalue weighted by Gasteiger charge is -2.43. The summed E-state index contributed by atoms with van der Waals surface area (Å²) < 4.78 is 13.5. The smallest absolute Gasteiger partial charge is 0.268 e. The molecule has 5 rings (SSSR count). The first kappa shape index (κ1) is 21.0. The maximum Gasteiger partial charge on any atom is 0.268 e. The van der Waals surface area contributed by atoms with Crippen molar-refractivity contribution in [2.24, 2.45) is 33.7 Å². The van der Waals surface area contributed by atoms with Gasteiger partial charge in [0.1, 0.15) is 11.5 Å². The van der Waals surface area contributed by atoms with E-state index in [4.69, 9.17) is 5.10 Å². The Labute approximate surface area is 185 Å². The molecule has 4 nitrogen and oxygen atoms in total. The standard InChI is InChI=1S/C26H36FN3O/c1-5-16-7-6-8-20-21(29-30(22(16)20)19-11-9-18(27)10-12-19)23(31)28-24-25(2,3)17-13-14-26(24,4)15-17/h9-12,16-17,20,22,24H,5-8,13-15H2,1-4H3,(H,28,31)/t16?,17?,20-,22?,24?,26?/m1/s1. The van der Waals surface area contributed by atoms with Crippen LogP contribution in [-0.2, 0) is 4.79 Å². The third kappa shape index (κ3) is 3.22. The number of anilines is 1. The lowest BCUT2D eigenvalue weighted by Crippen LogP contribution is -2.55. The molecule has 3 fully saturated rings. The Hall–Kier alpha value is -1.91. The minimum atomic E-state index is -0.246. The number of amides is 1. The van der Waals surface area contributed by atoms with Crippen molar-refractivity contribution in [2.75, 3.05) is 5.01 Å². The van der Waals surface area contributed by atoms with E-state index >= 15 is 0 Å². The lowest BCUT2D eigenvalue weighted by atomic mass is 9.68. The molecule has 1 amide bonds. The number of carbonyl (C=O) groups excluding carboxylic acids is 1. The molecule has 1 aliphatic heterocycles. The largest absolute Gasteiger partial charge is 0.347 e. The Morgan fingerprint density at radius 3 is 2.58 bits per heavy atom. The van der Waals surface area contributed by atoms with Crippen LogP contribution in [0.15, 0.2) is 29.4 Å². The molecule has 2 bridgehead atoms. The third-order valence-electron chi connectivity index (χ3n) is 9.23. The topological polar surface area (TPSA) is 44.7 Å². The Bertz CT molecular complexity index is 890. The number of rotatable bonds is 4. The van der Waals surface area contributed by atoms with Gasteiger partial charge in [-0.2, -0.15) is 5.10 Å². The Kier molecular flexibility index (Phi) is 4.95. The number of nitrogens with one attached hydrogen (secondary N) is 1.